The van der Waals surface area contributed by atoms with Gasteiger partial charge in [0.2, 0.25) is 0 Å². The molecule has 3 aromatic carbocycles. The second-order valence-electron chi connectivity index (χ2n) is 5.31. The lowest BCUT2D eigenvalue weighted by Gasteiger charge is -2.17. The van der Waals surface area contributed by atoms with Crippen LogP contribution in [0.2, 0.25) is 0 Å². The Kier molecular flexibility index (Phi) is 2.84. The van der Waals surface area contributed by atoms with Crippen LogP contribution in [0.1, 0.15) is 15.9 Å². The average molecular weight is 290 g/mol. The van der Waals surface area contributed by atoms with Gasteiger partial charge in [0.15, 0.2) is 5.75 Å². The molecule has 22 heavy (non-hydrogen) atoms. The van der Waals surface area contributed by atoms with Gasteiger partial charge in [-0.25, -0.2) is 0 Å². The van der Waals surface area contributed by atoms with Crippen molar-refractivity contribution in [2.24, 2.45) is 5.90 Å². The number of nitrogens with two attached hydrogens (primary N) is 1. The Hall–Kier alpha value is -2.85. The van der Waals surface area contributed by atoms with E-state index >= 15 is 0 Å². The third kappa shape index (κ3) is 1.78. The summed E-state index contributed by atoms with van der Waals surface area (Å²) in [6.45, 7) is 0.525. The Balaban J connectivity index is 1.88. The Bertz CT molecular complexity index is 875. The summed E-state index contributed by atoms with van der Waals surface area (Å²) >= 11 is 0. The van der Waals surface area contributed by atoms with Crippen LogP contribution in [0.4, 0.5) is 5.69 Å². The van der Waals surface area contributed by atoms with Crippen molar-refractivity contribution in [3.8, 4) is 5.75 Å². The van der Waals surface area contributed by atoms with E-state index in [9.17, 15) is 4.79 Å². The molecule has 0 radical (unpaired) electrons. The van der Waals surface area contributed by atoms with Crippen molar-refractivity contribution in [3.63, 3.8) is 0 Å². The normalized spacial score (nSPS) is 13.0. The number of hydrogen-bond donors (Lipinski definition) is 1. The van der Waals surface area contributed by atoms with Crippen molar-refractivity contribution >= 4 is 22.4 Å². The maximum atomic E-state index is 12.9. The largest absolute Gasteiger partial charge is 0.411 e. The van der Waals surface area contributed by atoms with Gasteiger partial charge in [0, 0.05) is 5.39 Å². The highest BCUT2D eigenvalue weighted by Crippen LogP contribution is 2.42. The molecule has 4 rings (SSSR count). The van der Waals surface area contributed by atoms with Gasteiger partial charge in [-0.2, -0.15) is 5.90 Å². The highest BCUT2D eigenvalue weighted by molar-refractivity contribution is 6.26. The van der Waals surface area contributed by atoms with Gasteiger partial charge in [0.05, 0.1) is 17.8 Å². The summed E-state index contributed by atoms with van der Waals surface area (Å²) in [5, 5.41) is 1.92. The monoisotopic (exact) mass is 290 g/mol. The maximum Gasteiger partial charge on any atom is 0.263 e. The number of anilines is 1. The zero-order chi connectivity index (χ0) is 15.1. The predicted molar refractivity (Wildman–Crippen MR) is 85.7 cm³/mol. The van der Waals surface area contributed by atoms with E-state index in [1.807, 2.05) is 54.6 Å². The van der Waals surface area contributed by atoms with Crippen LogP contribution < -0.4 is 15.6 Å². The molecule has 4 heteroatoms. The van der Waals surface area contributed by atoms with E-state index in [0.717, 1.165) is 22.0 Å². The Morgan fingerprint density at radius 3 is 2.55 bits per heavy atom. The highest BCUT2D eigenvalue weighted by Gasteiger charge is 2.32. The van der Waals surface area contributed by atoms with Crippen LogP contribution in [0.15, 0.2) is 60.7 Å². The van der Waals surface area contributed by atoms with Crippen LogP contribution in [0, 0.1) is 0 Å². The molecule has 4 nitrogen and oxygen atoms in total. The summed E-state index contributed by atoms with van der Waals surface area (Å²) in [5.74, 6) is 5.67. The fourth-order valence-electron chi connectivity index (χ4n) is 3.04. The second kappa shape index (κ2) is 4.86. The van der Waals surface area contributed by atoms with Crippen molar-refractivity contribution < 1.29 is 9.63 Å². The van der Waals surface area contributed by atoms with Crippen LogP contribution in [0.25, 0.3) is 10.8 Å². The topological polar surface area (TPSA) is 55.6 Å². The van der Waals surface area contributed by atoms with Crippen LogP contribution in [-0.2, 0) is 6.54 Å². The summed E-state index contributed by atoms with van der Waals surface area (Å²) < 4.78 is 0. The molecule has 0 spiro atoms. The molecular weight excluding hydrogens is 276 g/mol. The van der Waals surface area contributed by atoms with Gasteiger partial charge in [-0.15, -0.1) is 0 Å². The second-order valence-corrected chi connectivity index (χ2v) is 5.31. The summed E-state index contributed by atoms with van der Waals surface area (Å²) in [5.41, 5.74) is 2.53. The third-order valence-electron chi connectivity index (χ3n) is 4.05. The molecule has 1 aliphatic rings. The number of benzene rings is 3. The molecule has 3 aromatic rings. The number of amides is 1. The molecule has 0 aromatic heterocycles. The van der Waals surface area contributed by atoms with Crippen LogP contribution in [-0.4, -0.2) is 5.91 Å². The quantitative estimate of drug-likeness (QED) is 0.753. The van der Waals surface area contributed by atoms with Crippen LogP contribution in [0.3, 0.4) is 0 Å². The lowest BCUT2D eigenvalue weighted by molar-refractivity contribution is 0.0988. The SMILES string of the molecule is NOc1ccc2cccc3c2c1C(=O)N3Cc1ccccc1. The molecule has 1 amide bonds. The van der Waals surface area contributed by atoms with Crippen molar-refractivity contribution in [2.75, 3.05) is 4.90 Å². The minimum Gasteiger partial charge on any atom is -0.411 e. The van der Waals surface area contributed by atoms with Gasteiger partial charge >= 0.3 is 0 Å². The number of carbonyl (C=O) groups excluding carboxylic acids is 1. The first kappa shape index (κ1) is 12.9. The standard InChI is InChI=1S/C18H14N2O2/c19-22-15-10-9-13-7-4-8-14-16(13)17(15)18(21)20(14)11-12-5-2-1-3-6-12/h1-10H,11,19H2. The number of hydrogen-bond acceptors (Lipinski definition) is 3. The molecule has 0 saturated carbocycles. The number of carbonyl (C=O) groups is 1. The van der Waals surface area contributed by atoms with Gasteiger partial charge in [0.1, 0.15) is 0 Å². The lowest BCUT2D eigenvalue weighted by atomic mass is 10.0. The van der Waals surface area contributed by atoms with E-state index in [-0.39, 0.29) is 5.91 Å². The maximum absolute atomic E-state index is 12.9. The molecule has 1 aliphatic heterocycles. The fourth-order valence-corrected chi connectivity index (χ4v) is 3.04. The van der Waals surface area contributed by atoms with E-state index in [4.69, 9.17) is 10.7 Å². The molecule has 0 atom stereocenters. The minimum atomic E-state index is -0.0731. The summed E-state index contributed by atoms with van der Waals surface area (Å²) in [4.78, 5) is 19.5. The molecule has 0 saturated heterocycles. The Labute approximate surface area is 127 Å². The van der Waals surface area contributed by atoms with E-state index in [2.05, 4.69) is 0 Å². The number of rotatable bonds is 3. The molecular formula is C18H14N2O2. The minimum absolute atomic E-state index is 0.0731. The summed E-state index contributed by atoms with van der Waals surface area (Å²) in [6.07, 6.45) is 0. The summed E-state index contributed by atoms with van der Waals surface area (Å²) in [6, 6.07) is 19.5. The zero-order valence-electron chi connectivity index (χ0n) is 11.8. The first-order chi connectivity index (χ1) is 10.8. The van der Waals surface area contributed by atoms with Crippen LogP contribution in [0.5, 0.6) is 5.75 Å². The average Bonchev–Trinajstić information content (AvgIpc) is 2.85. The molecule has 0 unspecified atom stereocenters. The van der Waals surface area contributed by atoms with Crippen molar-refractivity contribution in [1.29, 1.82) is 0 Å². The first-order valence-electron chi connectivity index (χ1n) is 7.08. The van der Waals surface area contributed by atoms with E-state index in [0.29, 0.717) is 17.9 Å². The zero-order valence-corrected chi connectivity index (χ0v) is 11.8. The predicted octanol–water partition coefficient (Wildman–Crippen LogP) is 3.25. The first-order valence-corrected chi connectivity index (χ1v) is 7.08. The van der Waals surface area contributed by atoms with Gasteiger partial charge in [-0.3, -0.25) is 4.79 Å². The van der Waals surface area contributed by atoms with E-state index in [1.165, 1.54) is 0 Å². The van der Waals surface area contributed by atoms with E-state index < -0.39 is 0 Å². The van der Waals surface area contributed by atoms with Gasteiger partial charge < -0.3 is 9.74 Å². The molecule has 108 valence electrons. The molecule has 0 fully saturated rings. The summed E-state index contributed by atoms with van der Waals surface area (Å²) in [7, 11) is 0. The molecule has 1 heterocycles. The van der Waals surface area contributed by atoms with Crippen molar-refractivity contribution in [1.82, 2.24) is 0 Å². The Morgan fingerprint density at radius 1 is 0.955 bits per heavy atom. The van der Waals surface area contributed by atoms with Gasteiger partial charge in [-0.1, -0.05) is 48.5 Å². The van der Waals surface area contributed by atoms with E-state index in [1.54, 1.807) is 11.0 Å². The highest BCUT2D eigenvalue weighted by atomic mass is 16.6. The van der Waals surface area contributed by atoms with Crippen molar-refractivity contribution in [2.45, 2.75) is 6.54 Å². The Morgan fingerprint density at radius 2 is 1.77 bits per heavy atom. The van der Waals surface area contributed by atoms with Crippen LogP contribution >= 0.6 is 0 Å². The fraction of sp³-hybridized carbons (Fsp3) is 0.0556. The molecule has 2 N–H and O–H groups in total. The molecule has 0 bridgehead atoms. The van der Waals surface area contributed by atoms with Crippen molar-refractivity contribution in [3.05, 3.63) is 71.8 Å². The third-order valence-corrected chi connectivity index (χ3v) is 4.05. The lowest BCUT2D eigenvalue weighted by Crippen LogP contribution is -2.26. The van der Waals surface area contributed by atoms with Gasteiger partial charge in [0.25, 0.3) is 5.91 Å². The molecule has 0 aliphatic carbocycles. The smallest absolute Gasteiger partial charge is 0.263 e. The number of nitrogens with zero attached hydrogens (tertiary/aromatic N) is 1. The van der Waals surface area contributed by atoms with Gasteiger partial charge in [-0.05, 0) is 23.1 Å².